The first kappa shape index (κ1) is 16.1. The minimum Gasteiger partial charge on any atom is -0.388 e. The zero-order valence-electron chi connectivity index (χ0n) is 13.4. The van der Waals surface area contributed by atoms with Gasteiger partial charge in [-0.25, -0.2) is 9.89 Å². The molecule has 1 saturated carbocycles. The molecule has 0 aliphatic heterocycles. The van der Waals surface area contributed by atoms with E-state index in [-0.39, 0.29) is 23.4 Å². The van der Waals surface area contributed by atoms with Crippen LogP contribution in [0, 0.1) is 11.3 Å². The molecule has 23 heavy (non-hydrogen) atoms. The van der Waals surface area contributed by atoms with Crippen LogP contribution in [-0.2, 0) is 0 Å². The molecule has 0 radical (unpaired) electrons. The van der Waals surface area contributed by atoms with Crippen molar-refractivity contribution in [2.75, 3.05) is 5.32 Å². The molecule has 7 heteroatoms. The molecular weight excluding hydrogens is 316 g/mol. The molecular formula is C16H21ClN4O2. The molecule has 1 aromatic heterocycles. The molecule has 2 aromatic rings. The Morgan fingerprint density at radius 1 is 1.52 bits per heavy atom. The van der Waals surface area contributed by atoms with Crippen LogP contribution in [0.4, 0.5) is 5.69 Å². The van der Waals surface area contributed by atoms with Gasteiger partial charge in [0.2, 0.25) is 5.89 Å². The molecule has 1 aliphatic carbocycles. The second kappa shape index (κ2) is 5.69. The number of rotatable bonds is 4. The Bertz CT molecular complexity index is 767. The van der Waals surface area contributed by atoms with Gasteiger partial charge in [-0.05, 0) is 42.9 Å². The van der Waals surface area contributed by atoms with E-state index in [1.54, 1.807) is 12.1 Å². The van der Waals surface area contributed by atoms with Crippen LogP contribution in [0.2, 0.25) is 5.02 Å². The van der Waals surface area contributed by atoms with Crippen molar-refractivity contribution in [3.63, 3.8) is 0 Å². The number of aromatic amines is 1. The van der Waals surface area contributed by atoms with Crippen LogP contribution >= 0.6 is 11.6 Å². The van der Waals surface area contributed by atoms with Crippen molar-refractivity contribution >= 4 is 17.3 Å². The quantitative estimate of drug-likeness (QED) is 0.797. The number of aromatic nitrogens is 2. The lowest BCUT2D eigenvalue weighted by Crippen LogP contribution is -2.59. The first-order chi connectivity index (χ1) is 10.8. The molecule has 124 valence electrons. The maximum absolute atomic E-state index is 11.1. The van der Waals surface area contributed by atoms with Crippen molar-refractivity contribution in [3.8, 4) is 11.5 Å². The van der Waals surface area contributed by atoms with Gasteiger partial charge in [-0.15, -0.1) is 5.10 Å². The van der Waals surface area contributed by atoms with Gasteiger partial charge in [0.05, 0.1) is 10.7 Å². The second-order valence-electron chi connectivity index (χ2n) is 6.82. The first-order valence-corrected chi connectivity index (χ1v) is 8.04. The summed E-state index contributed by atoms with van der Waals surface area (Å²) in [4.78, 5) is 11.1. The number of anilines is 1. The maximum atomic E-state index is 11.1. The van der Waals surface area contributed by atoms with E-state index in [0.29, 0.717) is 16.5 Å². The third-order valence-electron chi connectivity index (χ3n) is 5.06. The molecule has 1 heterocycles. The van der Waals surface area contributed by atoms with Gasteiger partial charge >= 0.3 is 5.76 Å². The highest BCUT2D eigenvalue weighted by Crippen LogP contribution is 2.47. The smallest absolute Gasteiger partial charge is 0.388 e. The van der Waals surface area contributed by atoms with E-state index in [1.807, 2.05) is 6.07 Å². The largest absolute Gasteiger partial charge is 0.434 e. The zero-order valence-corrected chi connectivity index (χ0v) is 14.1. The Morgan fingerprint density at radius 3 is 2.83 bits per heavy atom. The highest BCUT2D eigenvalue weighted by atomic mass is 35.5. The lowest BCUT2D eigenvalue weighted by molar-refractivity contribution is 0.0272. The maximum Gasteiger partial charge on any atom is 0.434 e. The van der Waals surface area contributed by atoms with Gasteiger partial charge in [0.1, 0.15) is 0 Å². The van der Waals surface area contributed by atoms with Crippen molar-refractivity contribution in [1.29, 1.82) is 0 Å². The minimum atomic E-state index is -0.581. The van der Waals surface area contributed by atoms with E-state index in [9.17, 15) is 4.79 Å². The summed E-state index contributed by atoms with van der Waals surface area (Å²) in [6.45, 7) is 6.52. The summed E-state index contributed by atoms with van der Waals surface area (Å²) < 4.78 is 4.99. The van der Waals surface area contributed by atoms with Crippen LogP contribution in [-0.4, -0.2) is 22.3 Å². The fraction of sp³-hybridized carbons (Fsp3) is 0.500. The number of nitrogens with zero attached hydrogens (tertiary/aromatic N) is 1. The topological polar surface area (TPSA) is 96.9 Å². The molecule has 6 nitrogen and oxygen atoms in total. The van der Waals surface area contributed by atoms with E-state index in [0.717, 1.165) is 12.1 Å². The highest BCUT2D eigenvalue weighted by Gasteiger charge is 2.48. The van der Waals surface area contributed by atoms with Gasteiger partial charge in [0.25, 0.3) is 0 Å². The number of benzene rings is 1. The molecule has 1 aromatic carbocycles. The lowest BCUT2D eigenvalue weighted by atomic mass is 9.56. The normalized spacial score (nSPS) is 24.0. The summed E-state index contributed by atoms with van der Waals surface area (Å²) in [5.41, 5.74) is 7.68. The summed E-state index contributed by atoms with van der Waals surface area (Å²) in [6, 6.07) is 5.82. The number of nitrogens with two attached hydrogens (primary N) is 1. The predicted octanol–water partition coefficient (Wildman–Crippen LogP) is 2.86. The van der Waals surface area contributed by atoms with Crippen LogP contribution in [0.5, 0.6) is 0 Å². The van der Waals surface area contributed by atoms with Gasteiger partial charge in [-0.1, -0.05) is 25.4 Å². The fourth-order valence-corrected chi connectivity index (χ4v) is 3.48. The van der Waals surface area contributed by atoms with Gasteiger partial charge in [0.15, 0.2) is 0 Å². The molecule has 3 rings (SSSR count). The van der Waals surface area contributed by atoms with Crippen molar-refractivity contribution in [2.24, 2.45) is 17.1 Å². The molecule has 1 fully saturated rings. The highest BCUT2D eigenvalue weighted by molar-refractivity contribution is 6.33. The number of nitrogens with one attached hydrogen (secondary N) is 2. The van der Waals surface area contributed by atoms with Crippen LogP contribution in [0.25, 0.3) is 11.5 Å². The first-order valence-electron chi connectivity index (χ1n) is 7.66. The summed E-state index contributed by atoms with van der Waals surface area (Å²) in [6.07, 6.45) is 0.993. The lowest BCUT2D eigenvalue weighted by Gasteiger charge is -2.53. The van der Waals surface area contributed by atoms with E-state index < -0.39 is 5.76 Å². The van der Waals surface area contributed by atoms with Gasteiger partial charge in [-0.3, -0.25) is 0 Å². The van der Waals surface area contributed by atoms with Crippen molar-refractivity contribution in [1.82, 2.24) is 10.2 Å². The molecule has 1 aliphatic rings. The average Bonchev–Trinajstić information content (AvgIpc) is 2.93. The third-order valence-corrected chi connectivity index (χ3v) is 5.39. The Morgan fingerprint density at radius 2 is 2.26 bits per heavy atom. The molecule has 0 amide bonds. The molecule has 0 unspecified atom stereocenters. The van der Waals surface area contributed by atoms with Gasteiger partial charge in [-0.2, -0.15) is 0 Å². The molecule has 0 spiro atoms. The minimum absolute atomic E-state index is 0.103. The summed E-state index contributed by atoms with van der Waals surface area (Å²) in [5, 5.41) is 10.2. The number of H-pyrrole nitrogens is 1. The summed E-state index contributed by atoms with van der Waals surface area (Å²) in [5.74, 6) is 0.136. The average molecular weight is 337 g/mol. The monoisotopic (exact) mass is 336 g/mol. The fourth-order valence-electron chi connectivity index (χ4n) is 3.31. The second-order valence-corrected chi connectivity index (χ2v) is 7.22. The standard InChI is InChI=1S/C16H21ClN4O2/c1-8(10-7-13(18)16(10,2)3)19-12-6-9(4-5-11(12)17)14-20-21-15(22)23-14/h4-6,8,10,13,19H,7,18H2,1-3H3,(H,21,22)/t8-,10+,13+/m0/s1. The van der Waals surface area contributed by atoms with Crippen molar-refractivity contribution in [2.45, 2.75) is 39.3 Å². The number of hydrogen-bond acceptors (Lipinski definition) is 5. The van der Waals surface area contributed by atoms with E-state index in [2.05, 4.69) is 36.3 Å². The molecule has 3 atom stereocenters. The van der Waals surface area contributed by atoms with E-state index in [1.165, 1.54) is 0 Å². The number of halogens is 1. The van der Waals surface area contributed by atoms with Crippen LogP contribution in [0.3, 0.4) is 0 Å². The summed E-state index contributed by atoms with van der Waals surface area (Å²) >= 11 is 6.29. The van der Waals surface area contributed by atoms with Crippen molar-refractivity contribution < 1.29 is 4.42 Å². The van der Waals surface area contributed by atoms with Crippen molar-refractivity contribution in [3.05, 3.63) is 33.8 Å². The SMILES string of the molecule is C[C@H](Nc1cc(-c2n[nH]c(=O)o2)ccc1Cl)[C@H]1C[C@@H](N)C1(C)C. The van der Waals surface area contributed by atoms with Crippen LogP contribution in [0.15, 0.2) is 27.4 Å². The molecule has 0 bridgehead atoms. The Labute approximate surface area is 139 Å². The Kier molecular flexibility index (Phi) is 3.98. The molecule has 4 N–H and O–H groups in total. The summed E-state index contributed by atoms with van der Waals surface area (Å²) in [7, 11) is 0. The predicted molar refractivity (Wildman–Crippen MR) is 90.5 cm³/mol. The Hall–Kier alpha value is -1.79. The zero-order chi connectivity index (χ0) is 16.8. The van der Waals surface area contributed by atoms with Crippen LogP contribution in [0.1, 0.15) is 27.2 Å². The van der Waals surface area contributed by atoms with E-state index in [4.69, 9.17) is 21.8 Å². The van der Waals surface area contributed by atoms with Gasteiger partial charge < -0.3 is 15.5 Å². The number of hydrogen-bond donors (Lipinski definition) is 3. The van der Waals surface area contributed by atoms with Crippen LogP contribution < -0.4 is 16.8 Å². The molecule has 0 saturated heterocycles. The van der Waals surface area contributed by atoms with Gasteiger partial charge in [0, 0.05) is 17.6 Å². The van der Waals surface area contributed by atoms with E-state index >= 15 is 0 Å². The Balaban J connectivity index is 1.81. The third kappa shape index (κ3) is 2.88.